The highest BCUT2D eigenvalue weighted by molar-refractivity contribution is 5.93. The number of aliphatic hydroxyl groups is 1. The molecule has 0 saturated heterocycles. The predicted molar refractivity (Wildman–Crippen MR) is 242 cm³/mol. The van der Waals surface area contributed by atoms with Crippen molar-refractivity contribution in [2.24, 2.45) is 0 Å². The van der Waals surface area contributed by atoms with Crippen LogP contribution in [0.5, 0.6) is 11.5 Å². The summed E-state index contributed by atoms with van der Waals surface area (Å²) in [5, 5.41) is 30.7. The lowest BCUT2D eigenvalue weighted by Gasteiger charge is -2.34. The summed E-state index contributed by atoms with van der Waals surface area (Å²) in [5.41, 5.74) is 10.1. The first-order valence-corrected chi connectivity index (χ1v) is 21.1. The average Bonchev–Trinajstić information content (AvgIpc) is 3.21. The molecule has 3 N–H and O–H groups in total. The van der Waals surface area contributed by atoms with Crippen molar-refractivity contribution in [3.63, 3.8) is 0 Å². The maximum absolute atomic E-state index is 11.6. The Morgan fingerprint density at radius 3 is 1.33 bits per heavy atom. The van der Waals surface area contributed by atoms with Crippen molar-refractivity contribution in [1.82, 2.24) is 0 Å². The summed E-state index contributed by atoms with van der Waals surface area (Å²) in [6.45, 7) is 22.9. The van der Waals surface area contributed by atoms with Crippen LogP contribution in [0.25, 0.3) is 12.2 Å². The fourth-order valence-corrected chi connectivity index (χ4v) is 7.81. The third-order valence-corrected chi connectivity index (χ3v) is 12.1. The Balaban J connectivity index is 0.000000310. The minimum atomic E-state index is -1.08. The summed E-state index contributed by atoms with van der Waals surface area (Å²) in [6, 6.07) is 25.1. The van der Waals surface area contributed by atoms with Crippen molar-refractivity contribution in [1.29, 1.82) is 0 Å². The number of allylic oxidation sites excluding steroid dienone is 1. The predicted octanol–water partition coefficient (Wildman–Crippen LogP) is 13.2. The highest BCUT2D eigenvalue weighted by Gasteiger charge is 2.32. The van der Waals surface area contributed by atoms with Crippen molar-refractivity contribution in [3.05, 3.63) is 141 Å². The van der Waals surface area contributed by atoms with E-state index in [2.05, 4.69) is 115 Å². The molecule has 0 fully saturated rings. The number of phenols is 2. The Morgan fingerprint density at radius 2 is 0.982 bits per heavy atom. The molecule has 0 aliphatic rings. The maximum atomic E-state index is 11.6. The van der Waals surface area contributed by atoms with Gasteiger partial charge < -0.3 is 15.3 Å². The van der Waals surface area contributed by atoms with Crippen LogP contribution in [0.15, 0.2) is 84.9 Å². The van der Waals surface area contributed by atoms with E-state index in [4.69, 9.17) is 0 Å². The van der Waals surface area contributed by atoms with Crippen LogP contribution >= 0.6 is 0 Å². The first-order chi connectivity index (χ1) is 27.1. The number of hydrogen-bond donors (Lipinski definition) is 3. The smallest absolute Gasteiger partial charge is 0.155 e. The summed E-state index contributed by atoms with van der Waals surface area (Å²) >= 11 is 0. The van der Waals surface area contributed by atoms with Gasteiger partial charge in [-0.15, -0.1) is 0 Å². The molecule has 1 unspecified atom stereocenters. The number of ketones is 1. The van der Waals surface area contributed by atoms with Gasteiger partial charge in [-0.05, 0) is 146 Å². The van der Waals surface area contributed by atoms with Crippen molar-refractivity contribution in [2.45, 2.75) is 144 Å². The summed E-state index contributed by atoms with van der Waals surface area (Å²) < 4.78 is 0. The Hall–Kier alpha value is -4.85. The number of aromatic hydroxyl groups is 2. The fourth-order valence-electron chi connectivity index (χ4n) is 7.81. The molecule has 0 bridgehead atoms. The van der Waals surface area contributed by atoms with Gasteiger partial charge in [0.1, 0.15) is 17.1 Å². The minimum Gasteiger partial charge on any atom is -0.508 e. The number of carbonyl (C=O) groups is 1. The standard InChI is InChI=1S/C29H38O2.C24H30O2/c1-7-11-12-18-28(31,8-2)19-17-24-13-14-25(20-22(24)5)29(9-3,10-4)26-15-16-27(30)23(6)21-26;1-6-22(25)13-10-19-9-11-20(15-17(19)4)24(7-2,8-3)21-12-14-23(26)18(5)16-21/h13-17,19-21,30-31H,7-11H2,1-6H3;9-16,26H,6-8H2,1-5H3/b19-17+;13-10+. The number of aryl methyl sites for hydroxylation is 4. The lowest BCUT2D eigenvalue weighted by molar-refractivity contribution is -0.114. The van der Waals surface area contributed by atoms with Gasteiger partial charge in [-0.3, -0.25) is 4.79 Å². The van der Waals surface area contributed by atoms with Gasteiger partial charge in [0.05, 0.1) is 0 Å². The van der Waals surface area contributed by atoms with Gasteiger partial charge in [0.15, 0.2) is 5.78 Å². The van der Waals surface area contributed by atoms with Crippen LogP contribution < -0.4 is 0 Å². The highest BCUT2D eigenvalue weighted by Crippen LogP contribution is 2.42. The van der Waals surface area contributed by atoms with Crippen molar-refractivity contribution in [2.75, 3.05) is 0 Å². The van der Waals surface area contributed by atoms with Crippen LogP contribution in [0.2, 0.25) is 0 Å². The molecule has 0 aliphatic carbocycles. The van der Waals surface area contributed by atoms with Gasteiger partial charge in [0.2, 0.25) is 0 Å². The van der Waals surface area contributed by atoms with E-state index in [1.807, 2.05) is 52.0 Å². The molecule has 4 rings (SSSR count). The number of unbranched alkanes of at least 4 members (excludes halogenated alkanes) is 1. The van der Waals surface area contributed by atoms with Gasteiger partial charge in [-0.2, -0.15) is 0 Å². The molecule has 1 atom stereocenters. The van der Waals surface area contributed by atoms with Crippen LogP contribution in [0.4, 0.5) is 0 Å². The van der Waals surface area contributed by atoms with Crippen LogP contribution in [-0.4, -0.2) is 26.7 Å². The number of carbonyl (C=O) groups excluding carboxylic acids is 1. The highest BCUT2D eigenvalue weighted by atomic mass is 16.3. The van der Waals surface area contributed by atoms with Gasteiger partial charge in [-0.1, -0.05) is 133 Å². The summed E-state index contributed by atoms with van der Waals surface area (Å²) in [5.74, 6) is 6.92. The van der Waals surface area contributed by atoms with Crippen molar-refractivity contribution in [3.8, 4) is 23.3 Å². The van der Waals surface area contributed by atoms with E-state index in [0.29, 0.717) is 24.3 Å². The van der Waals surface area contributed by atoms with E-state index in [1.165, 1.54) is 33.4 Å². The Kier molecular flexibility index (Phi) is 17.2. The molecule has 4 aromatic rings. The van der Waals surface area contributed by atoms with Crippen LogP contribution in [0.3, 0.4) is 0 Å². The van der Waals surface area contributed by atoms with Crippen LogP contribution in [0.1, 0.15) is 155 Å². The van der Waals surface area contributed by atoms with Crippen LogP contribution in [-0.2, 0) is 15.6 Å². The molecular weight excluding hydrogens is 701 g/mol. The molecule has 0 spiro atoms. The minimum absolute atomic E-state index is 0.0787. The van der Waals surface area contributed by atoms with Gasteiger partial charge in [-0.25, -0.2) is 0 Å². The first-order valence-electron chi connectivity index (χ1n) is 21.1. The number of hydrogen-bond acceptors (Lipinski definition) is 4. The lowest BCUT2D eigenvalue weighted by atomic mass is 9.70. The van der Waals surface area contributed by atoms with Gasteiger partial charge in [0.25, 0.3) is 0 Å². The van der Waals surface area contributed by atoms with Gasteiger partial charge >= 0.3 is 0 Å². The SMILES string of the molecule is CCC(=O)/C=C/c1ccc(C(CC)(CC)c2ccc(O)c(C)c2)cc1C.CCCC#CC(O)(/C=C/c1ccc(C(CC)(CC)c2ccc(O)c(C)c2)cc1C)CC. The van der Waals surface area contributed by atoms with E-state index in [1.54, 1.807) is 18.2 Å². The molecule has 0 radical (unpaired) electrons. The largest absolute Gasteiger partial charge is 0.508 e. The molecule has 0 aromatic heterocycles. The quantitative estimate of drug-likeness (QED) is 0.0831. The molecule has 4 heteroatoms. The summed E-state index contributed by atoms with van der Waals surface area (Å²) in [6.07, 6.45) is 14.2. The second-order valence-electron chi connectivity index (χ2n) is 15.5. The second kappa shape index (κ2) is 21.1. The molecule has 304 valence electrons. The molecule has 0 aliphatic heterocycles. The van der Waals surface area contributed by atoms with Crippen LogP contribution in [0, 0.1) is 39.5 Å². The number of rotatable bonds is 15. The molecule has 0 amide bonds. The fraction of sp³-hybridized carbons (Fsp3) is 0.415. The zero-order valence-corrected chi connectivity index (χ0v) is 36.6. The molecule has 4 aromatic carbocycles. The average molecular weight is 769 g/mol. The van der Waals surface area contributed by atoms with E-state index in [-0.39, 0.29) is 16.6 Å². The topological polar surface area (TPSA) is 77.8 Å². The van der Waals surface area contributed by atoms with Gasteiger partial charge in [0, 0.05) is 23.7 Å². The van der Waals surface area contributed by atoms with E-state index < -0.39 is 5.60 Å². The third kappa shape index (κ3) is 11.2. The van der Waals surface area contributed by atoms with Crippen molar-refractivity contribution >= 4 is 17.9 Å². The summed E-state index contributed by atoms with van der Waals surface area (Å²) in [4.78, 5) is 11.6. The van der Waals surface area contributed by atoms with E-state index in [9.17, 15) is 20.1 Å². The van der Waals surface area contributed by atoms with Crippen molar-refractivity contribution < 1.29 is 20.1 Å². The molecular formula is C53H68O4. The molecule has 4 nitrogen and oxygen atoms in total. The molecule has 0 saturated carbocycles. The lowest BCUT2D eigenvalue weighted by Crippen LogP contribution is -2.26. The van der Waals surface area contributed by atoms with E-state index in [0.717, 1.165) is 60.8 Å². The Morgan fingerprint density at radius 1 is 0.579 bits per heavy atom. The molecule has 0 heterocycles. The Bertz CT molecular complexity index is 2080. The number of benzene rings is 4. The zero-order valence-electron chi connectivity index (χ0n) is 36.6. The normalized spacial score (nSPS) is 12.8. The molecule has 57 heavy (non-hydrogen) atoms. The summed E-state index contributed by atoms with van der Waals surface area (Å²) in [7, 11) is 0. The maximum Gasteiger partial charge on any atom is 0.155 e. The zero-order chi connectivity index (χ0) is 42.4. The van der Waals surface area contributed by atoms with E-state index >= 15 is 0 Å². The monoisotopic (exact) mass is 769 g/mol. The number of phenolic OH excluding ortho intramolecular Hbond substituents is 2. The first kappa shape index (κ1) is 46.5. The third-order valence-electron chi connectivity index (χ3n) is 12.1. The Labute approximate surface area is 344 Å². The second-order valence-corrected chi connectivity index (χ2v) is 15.5.